The fourth-order valence-electron chi connectivity index (χ4n) is 3.94. The molecule has 35 heavy (non-hydrogen) atoms. The van der Waals surface area contributed by atoms with Crippen LogP contribution in [0, 0.1) is 12.7 Å². The summed E-state index contributed by atoms with van der Waals surface area (Å²) in [6, 6.07) is 16.5. The van der Waals surface area contributed by atoms with E-state index in [2.05, 4.69) is 10.0 Å². The number of carbonyl (C=O) groups is 2. The molecule has 3 aromatic carbocycles. The van der Waals surface area contributed by atoms with Crippen LogP contribution < -0.4 is 10.0 Å². The summed E-state index contributed by atoms with van der Waals surface area (Å²) in [5, 5.41) is 2.82. The Labute approximate surface area is 204 Å². The Hall–Kier alpha value is -3.72. The number of carbonyl (C=O) groups excluding carboxylic acids is 2. The molecule has 0 radical (unpaired) electrons. The smallest absolute Gasteiger partial charge is 0.261 e. The van der Waals surface area contributed by atoms with Crippen molar-refractivity contribution in [3.63, 3.8) is 0 Å². The third kappa shape index (κ3) is 6.05. The van der Waals surface area contributed by atoms with Crippen molar-refractivity contribution in [3.05, 3.63) is 89.2 Å². The first kappa shape index (κ1) is 24.4. The number of hydrogen-bond acceptors (Lipinski definition) is 4. The number of nitrogens with zero attached hydrogens (tertiary/aromatic N) is 1. The molecule has 1 aliphatic rings. The molecule has 0 atom stereocenters. The van der Waals surface area contributed by atoms with Crippen LogP contribution in [-0.2, 0) is 21.4 Å². The standard InChI is InChI=1S/C26H26FN3O4S/c1-18-8-13-23(35(33,34)29-21-11-9-20(27)10-12-21)16-24(18)26(32)28-22-6-4-5-19(15-22)17-30-14-3-2-7-25(30)31/h4-6,8-13,15-16,29H,2-3,7,14,17H2,1H3,(H,28,32). The van der Waals surface area contributed by atoms with Gasteiger partial charge in [0.25, 0.3) is 15.9 Å². The molecule has 0 aliphatic carbocycles. The van der Waals surface area contributed by atoms with Crippen LogP contribution in [-0.4, -0.2) is 31.7 Å². The van der Waals surface area contributed by atoms with E-state index in [0.29, 0.717) is 24.2 Å². The van der Waals surface area contributed by atoms with Gasteiger partial charge in [0, 0.05) is 36.4 Å². The van der Waals surface area contributed by atoms with E-state index in [1.807, 2.05) is 17.0 Å². The van der Waals surface area contributed by atoms with E-state index in [9.17, 15) is 22.4 Å². The van der Waals surface area contributed by atoms with Gasteiger partial charge in [-0.1, -0.05) is 18.2 Å². The molecule has 4 rings (SSSR count). The van der Waals surface area contributed by atoms with Gasteiger partial charge >= 0.3 is 0 Å². The molecule has 1 saturated heterocycles. The lowest BCUT2D eigenvalue weighted by atomic mass is 10.1. The minimum absolute atomic E-state index is 0.0880. The number of piperidine rings is 1. The minimum atomic E-state index is -3.99. The van der Waals surface area contributed by atoms with Crippen LogP contribution in [0.1, 0.15) is 40.7 Å². The first-order chi connectivity index (χ1) is 16.7. The lowest BCUT2D eigenvalue weighted by molar-refractivity contribution is -0.133. The van der Waals surface area contributed by atoms with E-state index in [1.54, 1.807) is 25.1 Å². The average Bonchev–Trinajstić information content (AvgIpc) is 2.82. The summed E-state index contributed by atoms with van der Waals surface area (Å²) in [7, 11) is -3.99. The highest BCUT2D eigenvalue weighted by atomic mass is 32.2. The third-order valence-electron chi connectivity index (χ3n) is 5.84. The van der Waals surface area contributed by atoms with E-state index in [-0.39, 0.29) is 22.1 Å². The Balaban J connectivity index is 1.50. The SMILES string of the molecule is Cc1ccc(S(=O)(=O)Nc2ccc(F)cc2)cc1C(=O)Nc1cccc(CN2CCCCC2=O)c1. The number of likely N-dealkylation sites (tertiary alicyclic amines) is 1. The Morgan fingerprint density at radius 2 is 1.77 bits per heavy atom. The second-order valence-electron chi connectivity index (χ2n) is 8.52. The zero-order valence-electron chi connectivity index (χ0n) is 19.3. The Bertz CT molecular complexity index is 1360. The number of sulfonamides is 1. The third-order valence-corrected chi connectivity index (χ3v) is 7.22. The first-order valence-electron chi connectivity index (χ1n) is 11.3. The topological polar surface area (TPSA) is 95.6 Å². The lowest BCUT2D eigenvalue weighted by Gasteiger charge is -2.26. The average molecular weight is 496 g/mol. The van der Waals surface area contributed by atoms with Crippen molar-refractivity contribution in [1.29, 1.82) is 0 Å². The van der Waals surface area contributed by atoms with Crippen molar-refractivity contribution in [2.75, 3.05) is 16.6 Å². The molecule has 3 aromatic rings. The van der Waals surface area contributed by atoms with Crippen LogP contribution in [0.15, 0.2) is 71.6 Å². The van der Waals surface area contributed by atoms with Gasteiger partial charge in [0.1, 0.15) is 5.82 Å². The van der Waals surface area contributed by atoms with Crippen molar-refractivity contribution in [2.24, 2.45) is 0 Å². The monoisotopic (exact) mass is 495 g/mol. The molecule has 1 fully saturated rings. The molecule has 0 bridgehead atoms. The molecule has 9 heteroatoms. The van der Waals surface area contributed by atoms with Gasteiger partial charge in [-0.3, -0.25) is 14.3 Å². The zero-order valence-corrected chi connectivity index (χ0v) is 20.1. The number of amides is 2. The van der Waals surface area contributed by atoms with Crippen molar-refractivity contribution in [1.82, 2.24) is 4.90 Å². The number of rotatable bonds is 7. The molecule has 0 aromatic heterocycles. The van der Waals surface area contributed by atoms with Crippen molar-refractivity contribution in [2.45, 2.75) is 37.6 Å². The normalized spacial score (nSPS) is 14.0. The number of hydrogen-bond donors (Lipinski definition) is 2. The highest BCUT2D eigenvalue weighted by Crippen LogP contribution is 2.22. The predicted molar refractivity (Wildman–Crippen MR) is 132 cm³/mol. The van der Waals surface area contributed by atoms with Crippen LogP contribution in [0.2, 0.25) is 0 Å². The molecule has 0 spiro atoms. The van der Waals surface area contributed by atoms with Crippen LogP contribution in [0.4, 0.5) is 15.8 Å². The molecule has 0 unspecified atom stereocenters. The highest BCUT2D eigenvalue weighted by molar-refractivity contribution is 7.92. The molecule has 1 heterocycles. The molecule has 182 valence electrons. The largest absolute Gasteiger partial charge is 0.338 e. The number of halogens is 1. The molecule has 1 aliphatic heterocycles. The quantitative estimate of drug-likeness (QED) is 0.497. The van der Waals surface area contributed by atoms with E-state index < -0.39 is 21.7 Å². The van der Waals surface area contributed by atoms with Crippen LogP contribution in [0.3, 0.4) is 0 Å². The summed E-state index contributed by atoms with van der Waals surface area (Å²) in [5.41, 5.74) is 2.48. The Morgan fingerprint density at radius 3 is 2.51 bits per heavy atom. The second-order valence-corrected chi connectivity index (χ2v) is 10.2. The van der Waals surface area contributed by atoms with Gasteiger partial charge in [-0.15, -0.1) is 0 Å². The predicted octanol–water partition coefficient (Wildman–Crippen LogP) is 4.70. The van der Waals surface area contributed by atoms with Gasteiger partial charge < -0.3 is 10.2 Å². The summed E-state index contributed by atoms with van der Waals surface area (Å²) in [4.78, 5) is 26.9. The molecule has 7 nitrogen and oxygen atoms in total. The Morgan fingerprint density at radius 1 is 1.00 bits per heavy atom. The minimum Gasteiger partial charge on any atom is -0.338 e. The van der Waals surface area contributed by atoms with Crippen molar-refractivity contribution >= 4 is 33.2 Å². The van der Waals surface area contributed by atoms with E-state index in [1.165, 1.54) is 24.3 Å². The van der Waals surface area contributed by atoms with E-state index in [4.69, 9.17) is 0 Å². The fraction of sp³-hybridized carbons (Fsp3) is 0.231. The maximum absolute atomic E-state index is 13.1. The number of aryl methyl sites for hydroxylation is 1. The van der Waals surface area contributed by atoms with Gasteiger partial charge in [-0.25, -0.2) is 12.8 Å². The zero-order chi connectivity index (χ0) is 25.0. The molecule has 2 amide bonds. The highest BCUT2D eigenvalue weighted by Gasteiger charge is 2.20. The first-order valence-corrected chi connectivity index (χ1v) is 12.8. The van der Waals surface area contributed by atoms with Crippen LogP contribution in [0.25, 0.3) is 0 Å². The van der Waals surface area contributed by atoms with Crippen molar-refractivity contribution in [3.8, 4) is 0 Å². The maximum Gasteiger partial charge on any atom is 0.261 e. The number of nitrogens with one attached hydrogen (secondary N) is 2. The van der Waals surface area contributed by atoms with E-state index in [0.717, 1.165) is 37.1 Å². The number of anilines is 2. The second kappa shape index (κ2) is 10.3. The molecule has 2 N–H and O–H groups in total. The van der Waals surface area contributed by atoms with Crippen molar-refractivity contribution < 1.29 is 22.4 Å². The Kier molecular flexibility index (Phi) is 7.16. The van der Waals surface area contributed by atoms with Crippen LogP contribution >= 0.6 is 0 Å². The maximum atomic E-state index is 13.1. The van der Waals surface area contributed by atoms with Gasteiger partial charge in [0.2, 0.25) is 5.91 Å². The lowest BCUT2D eigenvalue weighted by Crippen LogP contribution is -2.34. The molecule has 0 saturated carbocycles. The summed E-state index contributed by atoms with van der Waals surface area (Å²) in [5.74, 6) is -0.796. The molecular weight excluding hydrogens is 469 g/mol. The van der Waals surface area contributed by atoms with Gasteiger partial charge in [0.15, 0.2) is 0 Å². The summed E-state index contributed by atoms with van der Waals surface area (Å²) < 4.78 is 41.2. The van der Waals surface area contributed by atoms with Crippen LogP contribution in [0.5, 0.6) is 0 Å². The molecular formula is C26H26FN3O4S. The summed E-state index contributed by atoms with van der Waals surface area (Å²) >= 11 is 0. The fourth-order valence-corrected chi connectivity index (χ4v) is 5.02. The summed E-state index contributed by atoms with van der Waals surface area (Å²) in [6.45, 7) is 2.92. The van der Waals surface area contributed by atoms with E-state index >= 15 is 0 Å². The number of benzene rings is 3. The summed E-state index contributed by atoms with van der Waals surface area (Å²) in [6.07, 6.45) is 2.46. The van der Waals surface area contributed by atoms with Gasteiger partial charge in [-0.2, -0.15) is 0 Å². The van der Waals surface area contributed by atoms with Gasteiger partial charge in [0.05, 0.1) is 4.90 Å². The van der Waals surface area contributed by atoms with Gasteiger partial charge in [-0.05, 0) is 79.4 Å².